The SMILES string of the molecule is CN1CCCC1Cn1ncc(OCc2ccccc2)c1C(=O)O. The van der Waals surface area contributed by atoms with Crippen molar-refractivity contribution in [1.82, 2.24) is 14.7 Å². The largest absolute Gasteiger partial charge is 0.485 e. The van der Waals surface area contributed by atoms with Crippen LogP contribution in [0.2, 0.25) is 0 Å². The summed E-state index contributed by atoms with van der Waals surface area (Å²) in [6.07, 6.45) is 3.71. The monoisotopic (exact) mass is 315 g/mol. The molecular weight excluding hydrogens is 294 g/mol. The van der Waals surface area contributed by atoms with E-state index in [1.807, 2.05) is 30.3 Å². The average Bonchev–Trinajstić information content (AvgIpc) is 3.13. The van der Waals surface area contributed by atoms with Crippen LogP contribution in [0.15, 0.2) is 36.5 Å². The molecule has 0 bridgehead atoms. The second-order valence-corrected chi connectivity index (χ2v) is 5.90. The molecule has 1 aliphatic rings. The first-order chi connectivity index (χ1) is 11.1. The summed E-state index contributed by atoms with van der Waals surface area (Å²) in [5.74, 6) is -0.687. The molecule has 0 spiro atoms. The van der Waals surface area contributed by atoms with Gasteiger partial charge >= 0.3 is 5.97 Å². The summed E-state index contributed by atoms with van der Waals surface area (Å²) in [6, 6.07) is 10.0. The Morgan fingerprint density at radius 1 is 1.39 bits per heavy atom. The molecule has 1 atom stereocenters. The minimum absolute atomic E-state index is 0.126. The number of aromatic nitrogens is 2. The Bertz CT molecular complexity index is 669. The fourth-order valence-corrected chi connectivity index (χ4v) is 2.97. The van der Waals surface area contributed by atoms with Crippen molar-refractivity contribution >= 4 is 5.97 Å². The fraction of sp³-hybridized carbons (Fsp3) is 0.412. The van der Waals surface area contributed by atoms with E-state index in [9.17, 15) is 9.90 Å². The van der Waals surface area contributed by atoms with E-state index >= 15 is 0 Å². The van der Waals surface area contributed by atoms with Gasteiger partial charge in [-0.1, -0.05) is 30.3 Å². The van der Waals surface area contributed by atoms with Crippen molar-refractivity contribution in [3.63, 3.8) is 0 Å². The van der Waals surface area contributed by atoms with Gasteiger partial charge in [0, 0.05) is 6.04 Å². The lowest BCUT2D eigenvalue weighted by atomic mass is 10.2. The van der Waals surface area contributed by atoms with Crippen LogP contribution in [0, 0.1) is 0 Å². The fourth-order valence-electron chi connectivity index (χ4n) is 2.97. The van der Waals surface area contributed by atoms with E-state index in [0.29, 0.717) is 24.9 Å². The van der Waals surface area contributed by atoms with Gasteiger partial charge in [0.25, 0.3) is 0 Å². The summed E-state index contributed by atoms with van der Waals surface area (Å²) < 4.78 is 7.23. The molecule has 6 heteroatoms. The first-order valence-electron chi connectivity index (χ1n) is 7.81. The first-order valence-corrected chi connectivity index (χ1v) is 7.81. The summed E-state index contributed by atoms with van der Waals surface area (Å²) in [5, 5.41) is 13.7. The van der Waals surface area contributed by atoms with Crippen LogP contribution in [0.4, 0.5) is 0 Å². The van der Waals surface area contributed by atoms with Crippen LogP contribution < -0.4 is 4.74 Å². The van der Waals surface area contributed by atoms with E-state index in [4.69, 9.17) is 4.74 Å². The van der Waals surface area contributed by atoms with E-state index in [1.165, 1.54) is 6.20 Å². The topological polar surface area (TPSA) is 67.6 Å². The maximum absolute atomic E-state index is 11.6. The molecule has 0 amide bonds. The minimum atomic E-state index is -1.01. The van der Waals surface area contributed by atoms with E-state index in [-0.39, 0.29) is 5.69 Å². The highest BCUT2D eigenvalue weighted by Gasteiger charge is 2.26. The van der Waals surface area contributed by atoms with Crippen molar-refractivity contribution < 1.29 is 14.6 Å². The number of carboxylic acids is 1. The Hall–Kier alpha value is -2.34. The molecule has 1 aromatic heterocycles. The van der Waals surface area contributed by atoms with Crippen LogP contribution in [0.5, 0.6) is 5.75 Å². The average molecular weight is 315 g/mol. The predicted octanol–water partition coefficient (Wildman–Crippen LogP) is 2.25. The molecule has 2 heterocycles. The highest BCUT2D eigenvalue weighted by molar-refractivity contribution is 5.88. The molecule has 1 fully saturated rings. The zero-order valence-electron chi connectivity index (χ0n) is 13.2. The summed E-state index contributed by atoms with van der Waals surface area (Å²) in [7, 11) is 2.06. The molecule has 3 rings (SSSR count). The quantitative estimate of drug-likeness (QED) is 0.885. The Morgan fingerprint density at radius 2 is 2.17 bits per heavy atom. The lowest BCUT2D eigenvalue weighted by Gasteiger charge is -2.19. The van der Waals surface area contributed by atoms with Crippen molar-refractivity contribution in [3.8, 4) is 5.75 Å². The van der Waals surface area contributed by atoms with Gasteiger partial charge in [0.15, 0.2) is 11.4 Å². The highest BCUT2D eigenvalue weighted by atomic mass is 16.5. The van der Waals surface area contributed by atoms with Crippen LogP contribution in [0.3, 0.4) is 0 Å². The van der Waals surface area contributed by atoms with Gasteiger partial charge in [-0.25, -0.2) is 4.79 Å². The van der Waals surface area contributed by atoms with Gasteiger partial charge in [0.1, 0.15) is 6.61 Å². The molecule has 1 N–H and O–H groups in total. The smallest absolute Gasteiger partial charge is 0.358 e. The number of hydrogen-bond donors (Lipinski definition) is 1. The van der Waals surface area contributed by atoms with Crippen LogP contribution in [-0.2, 0) is 13.2 Å². The summed E-state index contributed by atoms with van der Waals surface area (Å²) in [5.41, 5.74) is 1.12. The van der Waals surface area contributed by atoms with Crippen LogP contribution in [0.25, 0.3) is 0 Å². The first kappa shape index (κ1) is 15.6. The van der Waals surface area contributed by atoms with E-state index in [1.54, 1.807) is 4.68 Å². The third-order valence-corrected chi connectivity index (χ3v) is 4.30. The number of likely N-dealkylation sites (N-methyl/N-ethyl adjacent to an activating group) is 1. The molecule has 0 saturated carbocycles. The highest BCUT2D eigenvalue weighted by Crippen LogP contribution is 2.23. The molecule has 2 aromatic rings. The Morgan fingerprint density at radius 3 is 2.83 bits per heavy atom. The van der Waals surface area contributed by atoms with Crippen molar-refractivity contribution in [2.75, 3.05) is 13.6 Å². The number of likely N-dealkylation sites (tertiary alicyclic amines) is 1. The molecule has 1 aromatic carbocycles. The summed E-state index contributed by atoms with van der Waals surface area (Å²) in [4.78, 5) is 13.9. The molecule has 1 aliphatic heterocycles. The number of hydrogen-bond acceptors (Lipinski definition) is 4. The molecule has 122 valence electrons. The zero-order chi connectivity index (χ0) is 16.2. The molecule has 0 radical (unpaired) electrons. The molecule has 1 saturated heterocycles. The van der Waals surface area contributed by atoms with Crippen LogP contribution in [-0.4, -0.2) is 45.4 Å². The van der Waals surface area contributed by atoms with Gasteiger partial charge < -0.3 is 14.7 Å². The van der Waals surface area contributed by atoms with Gasteiger partial charge in [-0.3, -0.25) is 4.68 Å². The molecule has 6 nitrogen and oxygen atoms in total. The number of nitrogens with zero attached hydrogens (tertiary/aromatic N) is 3. The molecule has 0 aliphatic carbocycles. The molecule has 23 heavy (non-hydrogen) atoms. The van der Waals surface area contributed by atoms with E-state index in [0.717, 1.165) is 24.9 Å². The summed E-state index contributed by atoms with van der Waals surface area (Å²) >= 11 is 0. The minimum Gasteiger partial charge on any atom is -0.485 e. The third-order valence-electron chi connectivity index (χ3n) is 4.30. The number of carbonyl (C=O) groups is 1. The van der Waals surface area contributed by atoms with Crippen molar-refractivity contribution in [2.24, 2.45) is 0 Å². The number of carboxylic acid groups (broad SMARTS) is 1. The second-order valence-electron chi connectivity index (χ2n) is 5.90. The Labute approximate surface area is 135 Å². The lowest BCUT2D eigenvalue weighted by Crippen LogP contribution is -2.30. The predicted molar refractivity (Wildman–Crippen MR) is 85.6 cm³/mol. The van der Waals surface area contributed by atoms with Gasteiger partial charge in [-0.05, 0) is 32.0 Å². The molecular formula is C17H21N3O3. The maximum atomic E-state index is 11.6. The van der Waals surface area contributed by atoms with Gasteiger partial charge in [0.2, 0.25) is 0 Å². The van der Waals surface area contributed by atoms with E-state index in [2.05, 4.69) is 17.0 Å². The Kier molecular flexibility index (Phi) is 4.62. The lowest BCUT2D eigenvalue weighted by molar-refractivity contribution is 0.0675. The van der Waals surface area contributed by atoms with Gasteiger partial charge in [-0.15, -0.1) is 0 Å². The van der Waals surface area contributed by atoms with Crippen molar-refractivity contribution in [2.45, 2.75) is 32.0 Å². The van der Waals surface area contributed by atoms with E-state index < -0.39 is 5.97 Å². The zero-order valence-corrected chi connectivity index (χ0v) is 13.2. The van der Waals surface area contributed by atoms with Crippen molar-refractivity contribution in [3.05, 3.63) is 47.8 Å². The third kappa shape index (κ3) is 3.53. The number of benzene rings is 1. The second kappa shape index (κ2) is 6.83. The maximum Gasteiger partial charge on any atom is 0.358 e. The number of rotatable bonds is 6. The number of ether oxygens (including phenoxy) is 1. The molecule has 1 unspecified atom stereocenters. The van der Waals surface area contributed by atoms with Crippen LogP contribution >= 0.6 is 0 Å². The standard InChI is InChI=1S/C17H21N3O3/c1-19-9-5-8-14(19)11-20-16(17(21)22)15(10-18-20)23-12-13-6-3-2-4-7-13/h2-4,6-7,10,14H,5,8-9,11-12H2,1H3,(H,21,22). The normalized spacial score (nSPS) is 18.2. The number of aromatic carboxylic acids is 1. The van der Waals surface area contributed by atoms with Crippen LogP contribution in [0.1, 0.15) is 28.9 Å². The van der Waals surface area contributed by atoms with Gasteiger partial charge in [0.05, 0.1) is 12.7 Å². The Balaban J connectivity index is 1.74. The van der Waals surface area contributed by atoms with Crippen molar-refractivity contribution in [1.29, 1.82) is 0 Å². The summed E-state index contributed by atoms with van der Waals surface area (Å²) in [6.45, 7) is 1.95. The van der Waals surface area contributed by atoms with Gasteiger partial charge in [-0.2, -0.15) is 5.10 Å².